The molecule has 76 valence electrons. The van der Waals surface area contributed by atoms with Crippen LogP contribution in [0.4, 0.5) is 0 Å². The Kier molecular flexibility index (Phi) is 5.06. The topological polar surface area (TPSA) is 84.2 Å². The van der Waals surface area contributed by atoms with Crippen molar-refractivity contribution in [1.29, 1.82) is 0 Å². The highest BCUT2D eigenvalue weighted by Gasteiger charge is 2.17. The van der Waals surface area contributed by atoms with Gasteiger partial charge in [0.15, 0.2) is 0 Å². The van der Waals surface area contributed by atoms with Gasteiger partial charge in [0.05, 0.1) is 12.5 Å². The zero-order chi connectivity index (χ0) is 10.4. The molecule has 0 aliphatic rings. The molecule has 0 aromatic rings. The van der Waals surface area contributed by atoms with E-state index < -0.39 is 11.9 Å². The number of likely N-dealkylation sites (N-methyl/N-ethyl adjacent to an activating group) is 1. The van der Waals surface area contributed by atoms with Crippen molar-refractivity contribution < 1.29 is 9.59 Å². The van der Waals surface area contributed by atoms with Crippen molar-refractivity contribution in [3.05, 3.63) is 0 Å². The van der Waals surface area contributed by atoms with Gasteiger partial charge in [-0.15, -0.1) is 0 Å². The fraction of sp³-hybridized carbons (Fsp3) is 0.750. The minimum absolute atomic E-state index is 0.0814. The van der Waals surface area contributed by atoms with Crippen LogP contribution in [0.1, 0.15) is 20.3 Å². The van der Waals surface area contributed by atoms with Crippen LogP contribution in [0, 0.1) is 0 Å². The van der Waals surface area contributed by atoms with E-state index in [2.05, 4.69) is 10.6 Å². The van der Waals surface area contributed by atoms with Gasteiger partial charge in [-0.3, -0.25) is 9.59 Å². The van der Waals surface area contributed by atoms with Crippen molar-refractivity contribution >= 4 is 11.8 Å². The van der Waals surface area contributed by atoms with E-state index in [1.165, 1.54) is 0 Å². The number of carbonyl (C=O) groups is 2. The van der Waals surface area contributed by atoms with Gasteiger partial charge < -0.3 is 16.4 Å². The third-order valence-electron chi connectivity index (χ3n) is 1.53. The van der Waals surface area contributed by atoms with Crippen molar-refractivity contribution in [2.75, 3.05) is 7.05 Å². The summed E-state index contributed by atoms with van der Waals surface area (Å²) in [5.41, 5.74) is 5.04. The van der Waals surface area contributed by atoms with Gasteiger partial charge >= 0.3 is 0 Å². The molecular formula is C8H17N3O2. The Bertz CT molecular complexity index is 192. The average molecular weight is 187 g/mol. The molecule has 0 heterocycles. The third-order valence-corrected chi connectivity index (χ3v) is 1.53. The molecule has 0 spiro atoms. The van der Waals surface area contributed by atoms with E-state index >= 15 is 0 Å². The Morgan fingerprint density at radius 2 is 1.92 bits per heavy atom. The smallest absolute Gasteiger partial charge is 0.235 e. The number of nitrogens with two attached hydrogens (primary N) is 1. The van der Waals surface area contributed by atoms with Gasteiger partial charge in [-0.2, -0.15) is 0 Å². The number of primary amides is 1. The number of hydrogen-bond acceptors (Lipinski definition) is 3. The van der Waals surface area contributed by atoms with Crippen LogP contribution in [0.25, 0.3) is 0 Å². The summed E-state index contributed by atoms with van der Waals surface area (Å²) in [6.45, 7) is 3.72. The maximum absolute atomic E-state index is 11.2. The molecule has 0 fully saturated rings. The number of nitrogens with one attached hydrogen (secondary N) is 2. The first kappa shape index (κ1) is 11.9. The molecule has 0 saturated heterocycles. The Balaban J connectivity index is 3.94. The molecule has 5 nitrogen and oxygen atoms in total. The predicted molar refractivity (Wildman–Crippen MR) is 49.9 cm³/mol. The van der Waals surface area contributed by atoms with E-state index in [9.17, 15) is 9.59 Å². The third kappa shape index (κ3) is 5.19. The van der Waals surface area contributed by atoms with E-state index in [0.717, 1.165) is 0 Å². The number of amides is 2. The summed E-state index contributed by atoms with van der Waals surface area (Å²) in [5, 5.41) is 5.35. The Hall–Kier alpha value is -1.10. The molecule has 5 heteroatoms. The zero-order valence-electron chi connectivity index (χ0n) is 8.26. The first-order valence-electron chi connectivity index (χ1n) is 4.23. The molecular weight excluding hydrogens is 170 g/mol. The zero-order valence-corrected chi connectivity index (χ0v) is 8.26. The van der Waals surface area contributed by atoms with E-state index in [4.69, 9.17) is 5.73 Å². The van der Waals surface area contributed by atoms with Gasteiger partial charge in [0.2, 0.25) is 11.8 Å². The lowest BCUT2D eigenvalue weighted by Crippen LogP contribution is -2.44. The maximum Gasteiger partial charge on any atom is 0.235 e. The highest BCUT2D eigenvalue weighted by molar-refractivity contribution is 5.87. The first-order chi connectivity index (χ1) is 5.97. The predicted octanol–water partition coefficient (Wildman–Crippen LogP) is -1.03. The molecule has 0 aliphatic carbocycles. The van der Waals surface area contributed by atoms with E-state index in [0.29, 0.717) is 0 Å². The summed E-state index contributed by atoms with van der Waals surface area (Å²) >= 11 is 0. The minimum Gasteiger partial charge on any atom is -0.368 e. The molecule has 2 amide bonds. The molecule has 0 bridgehead atoms. The van der Waals surface area contributed by atoms with Crippen molar-refractivity contribution in [2.24, 2.45) is 5.73 Å². The molecule has 0 aliphatic heterocycles. The first-order valence-corrected chi connectivity index (χ1v) is 4.23. The van der Waals surface area contributed by atoms with Crippen molar-refractivity contribution in [3.63, 3.8) is 0 Å². The van der Waals surface area contributed by atoms with Crippen LogP contribution in [-0.2, 0) is 9.59 Å². The second-order valence-electron chi connectivity index (χ2n) is 3.17. The van der Waals surface area contributed by atoms with Gasteiger partial charge in [-0.25, -0.2) is 0 Å². The SMILES string of the molecule is CNC(CC(=O)NC(C)C)C(N)=O. The van der Waals surface area contributed by atoms with Crippen molar-refractivity contribution in [1.82, 2.24) is 10.6 Å². The highest BCUT2D eigenvalue weighted by Crippen LogP contribution is 1.91. The lowest BCUT2D eigenvalue weighted by molar-refractivity contribution is -0.126. The lowest BCUT2D eigenvalue weighted by atomic mass is 10.2. The van der Waals surface area contributed by atoms with Gasteiger partial charge in [-0.05, 0) is 20.9 Å². The molecule has 0 radical (unpaired) electrons. The van der Waals surface area contributed by atoms with Crippen LogP contribution < -0.4 is 16.4 Å². The minimum atomic E-state index is -0.584. The molecule has 1 atom stereocenters. The molecule has 0 saturated carbocycles. The van der Waals surface area contributed by atoms with Crippen molar-refractivity contribution in [3.8, 4) is 0 Å². The molecule has 0 aromatic carbocycles. The Labute approximate surface area is 78.1 Å². The molecule has 0 rings (SSSR count). The van der Waals surface area contributed by atoms with Gasteiger partial charge in [0.1, 0.15) is 0 Å². The molecule has 0 aromatic heterocycles. The lowest BCUT2D eigenvalue weighted by Gasteiger charge is -2.13. The largest absolute Gasteiger partial charge is 0.368 e. The summed E-state index contributed by atoms with van der Waals surface area (Å²) in [6.07, 6.45) is 0.0873. The normalized spacial score (nSPS) is 12.6. The highest BCUT2D eigenvalue weighted by atomic mass is 16.2. The number of hydrogen-bond donors (Lipinski definition) is 3. The molecule has 1 unspecified atom stereocenters. The van der Waals surface area contributed by atoms with Gasteiger partial charge in [0, 0.05) is 6.04 Å². The summed E-state index contributed by atoms with van der Waals surface area (Å²) in [6, 6.07) is -0.503. The Morgan fingerprint density at radius 3 is 2.23 bits per heavy atom. The van der Waals surface area contributed by atoms with Crippen LogP contribution in [0.3, 0.4) is 0 Å². The fourth-order valence-corrected chi connectivity index (χ4v) is 0.911. The average Bonchev–Trinajstić information content (AvgIpc) is 1.98. The van der Waals surface area contributed by atoms with Gasteiger partial charge in [0.25, 0.3) is 0 Å². The van der Waals surface area contributed by atoms with E-state index in [1.54, 1.807) is 7.05 Å². The second-order valence-corrected chi connectivity index (χ2v) is 3.17. The molecule has 13 heavy (non-hydrogen) atoms. The summed E-state index contributed by atoms with van der Waals surface area (Å²) in [4.78, 5) is 21.9. The number of carbonyl (C=O) groups excluding carboxylic acids is 2. The van der Waals surface area contributed by atoms with Crippen molar-refractivity contribution in [2.45, 2.75) is 32.4 Å². The van der Waals surface area contributed by atoms with E-state index in [1.807, 2.05) is 13.8 Å². The number of rotatable bonds is 5. The fourth-order valence-electron chi connectivity index (χ4n) is 0.911. The van der Waals surface area contributed by atoms with E-state index in [-0.39, 0.29) is 18.4 Å². The second kappa shape index (κ2) is 5.53. The van der Waals surface area contributed by atoms with Crippen LogP contribution in [-0.4, -0.2) is 30.9 Å². The van der Waals surface area contributed by atoms with Crippen LogP contribution in [0.2, 0.25) is 0 Å². The summed E-state index contributed by atoms with van der Waals surface area (Å²) in [7, 11) is 1.60. The van der Waals surface area contributed by atoms with Crippen LogP contribution in [0.15, 0.2) is 0 Å². The van der Waals surface area contributed by atoms with Gasteiger partial charge in [-0.1, -0.05) is 0 Å². The summed E-state index contributed by atoms with van der Waals surface area (Å²) < 4.78 is 0. The quantitative estimate of drug-likeness (QED) is 0.515. The van der Waals surface area contributed by atoms with Crippen LogP contribution in [0.5, 0.6) is 0 Å². The standard InChI is InChI=1S/C8H17N3O2/c1-5(2)11-7(12)4-6(10-3)8(9)13/h5-6,10H,4H2,1-3H3,(H2,9,13)(H,11,12). The summed E-state index contributed by atoms with van der Waals surface area (Å²) in [5.74, 6) is -0.686. The maximum atomic E-state index is 11.2. The monoisotopic (exact) mass is 187 g/mol. The van der Waals surface area contributed by atoms with Crippen LogP contribution >= 0.6 is 0 Å². The Morgan fingerprint density at radius 1 is 1.38 bits per heavy atom. The molecule has 4 N–H and O–H groups in total.